The summed E-state index contributed by atoms with van der Waals surface area (Å²) >= 11 is 0. The van der Waals surface area contributed by atoms with Crippen molar-refractivity contribution < 1.29 is 9.84 Å². The van der Waals surface area contributed by atoms with Crippen molar-refractivity contribution in [3.63, 3.8) is 0 Å². The van der Waals surface area contributed by atoms with E-state index in [1.807, 2.05) is 54.9 Å². The highest BCUT2D eigenvalue weighted by Gasteiger charge is 2.09. The standard InChI is InChI=1S/C14H18N2O2/c1-11-8-16(12(2)15-11)9-13(17)10-18-14-6-4-3-5-7-14/h3-8,13,17H,9-10H2,1-2H3. The highest BCUT2D eigenvalue weighted by molar-refractivity contribution is 5.20. The first-order valence-corrected chi connectivity index (χ1v) is 6.01. The number of para-hydroxylation sites is 1. The van der Waals surface area contributed by atoms with Crippen LogP contribution in [0.5, 0.6) is 5.75 Å². The van der Waals surface area contributed by atoms with Gasteiger partial charge in [0.25, 0.3) is 0 Å². The summed E-state index contributed by atoms with van der Waals surface area (Å²) in [6.45, 7) is 4.65. The van der Waals surface area contributed by atoms with Gasteiger partial charge in [-0.3, -0.25) is 0 Å². The Morgan fingerprint density at radius 1 is 1.28 bits per heavy atom. The minimum absolute atomic E-state index is 0.278. The number of hydrogen-bond acceptors (Lipinski definition) is 3. The monoisotopic (exact) mass is 246 g/mol. The smallest absolute Gasteiger partial charge is 0.119 e. The van der Waals surface area contributed by atoms with Crippen molar-refractivity contribution in [2.24, 2.45) is 0 Å². The first-order chi connectivity index (χ1) is 8.65. The summed E-state index contributed by atoms with van der Waals surface area (Å²) in [6, 6.07) is 9.50. The van der Waals surface area contributed by atoms with Crippen LogP contribution in [0.2, 0.25) is 0 Å². The molecule has 0 saturated heterocycles. The molecule has 0 aliphatic heterocycles. The van der Waals surface area contributed by atoms with E-state index in [1.165, 1.54) is 0 Å². The number of benzene rings is 1. The van der Waals surface area contributed by atoms with Gasteiger partial charge in [0.1, 0.15) is 24.3 Å². The van der Waals surface area contributed by atoms with Crippen LogP contribution in [0.25, 0.3) is 0 Å². The van der Waals surface area contributed by atoms with Gasteiger partial charge in [0.05, 0.1) is 12.2 Å². The van der Waals surface area contributed by atoms with Crippen LogP contribution in [0.1, 0.15) is 11.5 Å². The third-order valence-electron chi connectivity index (χ3n) is 2.69. The number of aromatic nitrogens is 2. The molecule has 2 rings (SSSR count). The third-order valence-corrected chi connectivity index (χ3v) is 2.69. The summed E-state index contributed by atoms with van der Waals surface area (Å²) in [4.78, 5) is 4.29. The molecule has 18 heavy (non-hydrogen) atoms. The van der Waals surface area contributed by atoms with Crippen molar-refractivity contribution in [3.05, 3.63) is 48.0 Å². The predicted molar refractivity (Wildman–Crippen MR) is 69.6 cm³/mol. The average Bonchev–Trinajstić information content (AvgIpc) is 2.67. The lowest BCUT2D eigenvalue weighted by molar-refractivity contribution is 0.0919. The molecule has 1 aromatic carbocycles. The number of ether oxygens (including phenoxy) is 1. The second-order valence-electron chi connectivity index (χ2n) is 4.36. The van der Waals surface area contributed by atoms with Crippen molar-refractivity contribution in [1.82, 2.24) is 9.55 Å². The SMILES string of the molecule is Cc1cn(CC(O)COc2ccccc2)c(C)n1. The fourth-order valence-corrected chi connectivity index (χ4v) is 1.84. The van der Waals surface area contributed by atoms with Crippen LogP contribution in [0.15, 0.2) is 36.5 Å². The molecule has 2 aromatic rings. The number of aliphatic hydroxyl groups excluding tert-OH is 1. The summed E-state index contributed by atoms with van der Waals surface area (Å²) < 4.78 is 7.44. The van der Waals surface area contributed by atoms with E-state index >= 15 is 0 Å². The molecule has 0 radical (unpaired) electrons. The molecule has 1 aromatic heterocycles. The van der Waals surface area contributed by atoms with Gasteiger partial charge in [0.2, 0.25) is 0 Å². The minimum Gasteiger partial charge on any atom is -0.491 e. The Labute approximate surface area is 107 Å². The Hall–Kier alpha value is -1.81. The molecule has 96 valence electrons. The van der Waals surface area contributed by atoms with Crippen LogP contribution in [-0.2, 0) is 6.54 Å². The lowest BCUT2D eigenvalue weighted by atomic mass is 10.3. The van der Waals surface area contributed by atoms with E-state index in [9.17, 15) is 5.11 Å². The predicted octanol–water partition coefficient (Wildman–Crippen LogP) is 1.94. The maximum absolute atomic E-state index is 9.92. The maximum atomic E-state index is 9.92. The number of aliphatic hydroxyl groups is 1. The van der Waals surface area contributed by atoms with Crippen molar-refractivity contribution >= 4 is 0 Å². The Balaban J connectivity index is 1.86. The molecule has 1 N–H and O–H groups in total. The molecule has 0 fully saturated rings. The van der Waals surface area contributed by atoms with E-state index in [0.29, 0.717) is 6.54 Å². The Kier molecular flexibility index (Phi) is 3.99. The van der Waals surface area contributed by atoms with Crippen LogP contribution in [0.4, 0.5) is 0 Å². The lowest BCUT2D eigenvalue weighted by Gasteiger charge is -2.13. The molecule has 4 nitrogen and oxygen atoms in total. The summed E-state index contributed by atoms with van der Waals surface area (Å²) in [5.74, 6) is 1.68. The van der Waals surface area contributed by atoms with E-state index in [4.69, 9.17) is 4.74 Å². The van der Waals surface area contributed by atoms with E-state index in [-0.39, 0.29) is 6.61 Å². The second kappa shape index (κ2) is 5.69. The zero-order valence-electron chi connectivity index (χ0n) is 10.7. The van der Waals surface area contributed by atoms with Crippen molar-refractivity contribution in [3.8, 4) is 5.75 Å². The number of imidazole rings is 1. The molecule has 0 bridgehead atoms. The quantitative estimate of drug-likeness (QED) is 0.877. The van der Waals surface area contributed by atoms with E-state index in [1.54, 1.807) is 0 Å². The first kappa shape index (κ1) is 12.6. The van der Waals surface area contributed by atoms with Gasteiger partial charge >= 0.3 is 0 Å². The van der Waals surface area contributed by atoms with Crippen molar-refractivity contribution in [1.29, 1.82) is 0 Å². The van der Waals surface area contributed by atoms with E-state index in [2.05, 4.69) is 4.98 Å². The molecular formula is C14H18N2O2. The van der Waals surface area contributed by atoms with Gasteiger partial charge in [-0.15, -0.1) is 0 Å². The number of nitrogens with zero attached hydrogens (tertiary/aromatic N) is 2. The molecule has 1 atom stereocenters. The largest absolute Gasteiger partial charge is 0.491 e. The summed E-state index contributed by atoms with van der Waals surface area (Å²) in [5, 5.41) is 9.92. The number of aryl methyl sites for hydroxylation is 2. The Morgan fingerprint density at radius 2 is 2.00 bits per heavy atom. The molecule has 1 unspecified atom stereocenters. The second-order valence-corrected chi connectivity index (χ2v) is 4.36. The summed E-state index contributed by atoms with van der Waals surface area (Å²) in [6.07, 6.45) is 1.39. The minimum atomic E-state index is -0.544. The van der Waals surface area contributed by atoms with Gasteiger partial charge in [-0.1, -0.05) is 18.2 Å². The van der Waals surface area contributed by atoms with Crippen molar-refractivity contribution in [2.75, 3.05) is 6.61 Å². The highest BCUT2D eigenvalue weighted by Crippen LogP contribution is 2.09. The molecule has 0 aliphatic carbocycles. The molecule has 0 amide bonds. The lowest BCUT2D eigenvalue weighted by Crippen LogP contribution is -2.23. The van der Waals surface area contributed by atoms with Gasteiger partial charge in [-0.05, 0) is 26.0 Å². The molecule has 0 aliphatic rings. The zero-order chi connectivity index (χ0) is 13.0. The summed E-state index contributed by atoms with van der Waals surface area (Å²) in [5.41, 5.74) is 0.962. The van der Waals surface area contributed by atoms with E-state index < -0.39 is 6.10 Å². The van der Waals surface area contributed by atoms with Gasteiger partial charge in [-0.25, -0.2) is 4.98 Å². The fourth-order valence-electron chi connectivity index (χ4n) is 1.84. The highest BCUT2D eigenvalue weighted by atomic mass is 16.5. The number of rotatable bonds is 5. The van der Waals surface area contributed by atoms with E-state index in [0.717, 1.165) is 17.3 Å². The van der Waals surface area contributed by atoms with Gasteiger partial charge < -0.3 is 14.4 Å². The number of hydrogen-bond donors (Lipinski definition) is 1. The topological polar surface area (TPSA) is 47.3 Å². The fraction of sp³-hybridized carbons (Fsp3) is 0.357. The Morgan fingerprint density at radius 3 is 2.61 bits per heavy atom. The molecule has 0 spiro atoms. The average molecular weight is 246 g/mol. The third kappa shape index (κ3) is 3.34. The van der Waals surface area contributed by atoms with Crippen LogP contribution in [0, 0.1) is 13.8 Å². The van der Waals surface area contributed by atoms with Crippen molar-refractivity contribution in [2.45, 2.75) is 26.5 Å². The van der Waals surface area contributed by atoms with Crippen LogP contribution in [0.3, 0.4) is 0 Å². The van der Waals surface area contributed by atoms with Gasteiger partial charge in [0.15, 0.2) is 0 Å². The first-order valence-electron chi connectivity index (χ1n) is 6.01. The molecule has 1 heterocycles. The summed E-state index contributed by atoms with van der Waals surface area (Å²) in [7, 11) is 0. The van der Waals surface area contributed by atoms with Crippen LogP contribution in [-0.4, -0.2) is 27.4 Å². The maximum Gasteiger partial charge on any atom is 0.119 e. The molecule has 4 heteroatoms. The normalized spacial score (nSPS) is 12.4. The van der Waals surface area contributed by atoms with Gasteiger partial charge in [-0.2, -0.15) is 0 Å². The van der Waals surface area contributed by atoms with Crippen LogP contribution >= 0.6 is 0 Å². The zero-order valence-corrected chi connectivity index (χ0v) is 10.7. The Bertz CT molecular complexity index is 494. The van der Waals surface area contributed by atoms with Gasteiger partial charge in [0, 0.05) is 6.20 Å². The molecular weight excluding hydrogens is 228 g/mol. The van der Waals surface area contributed by atoms with Crippen LogP contribution < -0.4 is 4.74 Å². The molecule has 0 saturated carbocycles.